The van der Waals surface area contributed by atoms with E-state index in [-0.39, 0.29) is 202 Å². The zero-order valence-electron chi connectivity index (χ0n) is 41.5. The van der Waals surface area contributed by atoms with E-state index >= 15 is 0 Å². The predicted molar refractivity (Wildman–Crippen MR) is 297 cm³/mol. The second kappa shape index (κ2) is 26.2. The van der Waals surface area contributed by atoms with Gasteiger partial charge in [0.25, 0.3) is 40.5 Å². The smallest absolute Gasteiger partial charge is 0.296 e. The number of nitrogens with one attached hydrogen (secondary N) is 1. The van der Waals surface area contributed by atoms with Crippen molar-refractivity contribution in [1.82, 2.24) is 0 Å². The molecule has 0 fully saturated rings. The Bertz CT molecular complexity index is 4320. The van der Waals surface area contributed by atoms with Gasteiger partial charge in [0.2, 0.25) is 0 Å². The topological polar surface area (TPSA) is 473 Å². The van der Waals surface area contributed by atoms with E-state index in [9.17, 15) is 62.1 Å². The zero-order chi connectivity index (χ0) is 54.4. The Balaban J connectivity index is 0.00000336. The number of nitrogen functional groups attached to an aromatic ring is 4. The summed E-state index contributed by atoms with van der Waals surface area (Å²) in [5.74, 6) is -1.54. The molecule has 35 heteroatoms. The average Bonchev–Trinajstić information content (AvgIpc) is 3.33. The number of benzene rings is 8. The number of anilines is 6. The number of phenolic OH excluding ortho intramolecular Hbond substituents is 2. The Labute approximate surface area is 537 Å². The minimum atomic E-state index is -5.06. The van der Waals surface area contributed by atoms with E-state index in [1.54, 1.807) is 6.07 Å². The standard InChI is InChI=1S/C44H35N13O14S4.4Na/c45-23-3-11-34(31(46)15-23)54-51-26-4-1-21-14-40(75(69,70)71)42(44(59)29(21)16-26)57-53-28-10-12-35(38(18-28)73(63,64)65)49-24-6-8-25(9-7-24)50-56-41-39(74(66,67)68)13-22-2-5-27(17-30(22)43(41)58)52-55-36-20-37(72(60,61)62)33(48)19-32(36)47;;;;/h1-20,49,58-59H,45-48H2,(H,60,61,62)(H,63,64,65)(H,66,67,68)(H,69,70,71);;;;. The van der Waals surface area contributed by atoms with Crippen LogP contribution in [-0.4, -0.2) is 180 Å². The molecule has 8 rings (SSSR count). The molecule has 27 nitrogen and oxygen atoms in total. The van der Waals surface area contributed by atoms with Crippen LogP contribution in [0, 0.1) is 0 Å². The van der Waals surface area contributed by atoms with Crippen molar-refractivity contribution in [3.63, 3.8) is 0 Å². The van der Waals surface area contributed by atoms with Crippen LogP contribution in [0.5, 0.6) is 11.5 Å². The minimum absolute atomic E-state index is 0. The number of phenols is 2. The van der Waals surface area contributed by atoms with E-state index in [1.807, 2.05) is 0 Å². The van der Waals surface area contributed by atoms with E-state index < -0.39 is 82.9 Å². The molecule has 0 saturated heterocycles. The Kier molecular flexibility index (Phi) is 22.1. The van der Waals surface area contributed by atoms with Gasteiger partial charge in [0.15, 0.2) is 11.5 Å². The summed E-state index contributed by atoms with van der Waals surface area (Å²) in [5, 5.41) is 57.2. The van der Waals surface area contributed by atoms with E-state index in [1.165, 1.54) is 84.9 Å². The van der Waals surface area contributed by atoms with Gasteiger partial charge in [-0.3, -0.25) is 18.2 Å². The van der Waals surface area contributed by atoms with Gasteiger partial charge >= 0.3 is 0 Å². The number of azo groups is 4. The maximum atomic E-state index is 12.6. The zero-order valence-corrected chi connectivity index (χ0v) is 52.8. The van der Waals surface area contributed by atoms with Crippen LogP contribution < -0.4 is 28.3 Å². The number of nitrogens with two attached hydrogens (primary N) is 4. The molecule has 0 aliphatic carbocycles. The van der Waals surface area contributed by atoms with Gasteiger partial charge in [-0.25, -0.2) is 0 Å². The van der Waals surface area contributed by atoms with Crippen molar-refractivity contribution in [2.45, 2.75) is 19.6 Å². The van der Waals surface area contributed by atoms with Crippen molar-refractivity contribution in [1.29, 1.82) is 0 Å². The van der Waals surface area contributed by atoms with Gasteiger partial charge in [-0.05, 0) is 120 Å². The number of rotatable bonds is 14. The molecule has 0 heterocycles. The van der Waals surface area contributed by atoms with Crippen LogP contribution in [0.3, 0.4) is 0 Å². The third-order valence-electron chi connectivity index (χ3n) is 10.6. The molecule has 0 aromatic heterocycles. The van der Waals surface area contributed by atoms with Crippen molar-refractivity contribution < 1.29 is 62.1 Å². The van der Waals surface area contributed by atoms with E-state index in [4.69, 9.17) is 22.9 Å². The molecule has 388 valence electrons. The molecule has 79 heavy (non-hydrogen) atoms. The molecule has 0 amide bonds. The molecular weight excluding hydrogens is 1150 g/mol. The second-order valence-electron chi connectivity index (χ2n) is 15.8. The van der Waals surface area contributed by atoms with Crippen molar-refractivity contribution in [2.24, 2.45) is 40.9 Å². The summed E-state index contributed by atoms with van der Waals surface area (Å²) >= 11 is 0. The van der Waals surface area contributed by atoms with Crippen molar-refractivity contribution >= 4 is 260 Å². The fourth-order valence-corrected chi connectivity index (χ4v) is 9.64. The molecule has 8 aromatic carbocycles. The monoisotopic (exact) mass is 1190 g/mol. The molecule has 0 atom stereocenters. The molecule has 15 N–H and O–H groups in total. The maximum absolute atomic E-state index is 12.6. The molecular formula is C44H35N13Na4O14S4. The van der Waals surface area contributed by atoms with Crippen LogP contribution in [0.15, 0.2) is 182 Å². The van der Waals surface area contributed by atoms with Gasteiger partial charge in [0.1, 0.15) is 42.3 Å². The summed E-state index contributed by atoms with van der Waals surface area (Å²) in [4.78, 5) is -3.11. The largest absolute Gasteiger partial charge is 0.505 e. The van der Waals surface area contributed by atoms with Crippen LogP contribution in [0.4, 0.5) is 79.6 Å². The summed E-state index contributed by atoms with van der Waals surface area (Å²) < 4.78 is 138. The Hall–Kier alpha value is -5.08. The summed E-state index contributed by atoms with van der Waals surface area (Å²) in [5.41, 5.74) is 22.0. The van der Waals surface area contributed by atoms with Gasteiger partial charge in [-0.2, -0.15) is 54.1 Å². The van der Waals surface area contributed by atoms with Gasteiger partial charge in [-0.15, -0.1) is 20.5 Å². The molecule has 0 unspecified atom stereocenters. The van der Waals surface area contributed by atoms with Crippen LogP contribution in [0.25, 0.3) is 21.5 Å². The fourth-order valence-electron chi connectivity index (χ4n) is 7.04. The molecule has 4 radical (unpaired) electrons. The van der Waals surface area contributed by atoms with Crippen LogP contribution in [0.1, 0.15) is 0 Å². The first-order chi connectivity index (χ1) is 35.1. The van der Waals surface area contributed by atoms with Crippen molar-refractivity contribution in [3.05, 3.63) is 121 Å². The van der Waals surface area contributed by atoms with Crippen molar-refractivity contribution in [3.8, 4) is 11.5 Å². The molecule has 0 bridgehead atoms. The fraction of sp³-hybridized carbons (Fsp3) is 0. The van der Waals surface area contributed by atoms with E-state index in [0.717, 1.165) is 30.3 Å². The first kappa shape index (κ1) is 66.4. The van der Waals surface area contributed by atoms with Crippen LogP contribution >= 0.6 is 0 Å². The maximum Gasteiger partial charge on any atom is 0.296 e. The van der Waals surface area contributed by atoms with Crippen molar-refractivity contribution in [2.75, 3.05) is 28.3 Å². The molecule has 0 saturated carbocycles. The normalized spacial score (nSPS) is 12.2. The second-order valence-corrected chi connectivity index (χ2v) is 21.3. The van der Waals surface area contributed by atoms with Crippen LogP contribution in [-0.2, 0) is 40.5 Å². The van der Waals surface area contributed by atoms with E-state index in [0.29, 0.717) is 5.69 Å². The summed E-state index contributed by atoms with van der Waals surface area (Å²) in [6, 6.07) is 25.2. The number of hydrogen-bond donors (Lipinski definition) is 11. The van der Waals surface area contributed by atoms with Gasteiger partial charge in [0, 0.05) is 140 Å². The summed E-state index contributed by atoms with van der Waals surface area (Å²) in [6.45, 7) is 0. The van der Waals surface area contributed by atoms with Crippen LogP contribution in [0.2, 0.25) is 0 Å². The predicted octanol–water partition coefficient (Wildman–Crippen LogP) is 8.60. The summed E-state index contributed by atoms with van der Waals surface area (Å²) in [7, 11) is -19.9. The number of hydrogen-bond acceptors (Lipinski definition) is 23. The number of aromatic hydroxyl groups is 2. The first-order valence-electron chi connectivity index (χ1n) is 20.7. The Morgan fingerprint density at radius 2 is 0.785 bits per heavy atom. The molecule has 0 aliphatic rings. The first-order valence-corrected chi connectivity index (χ1v) is 26.4. The average molecular weight is 1190 g/mol. The minimum Gasteiger partial charge on any atom is -0.505 e. The SMILES string of the molecule is Nc1ccc(N=Nc2ccc3cc(S(=O)(=O)O)c(N=Nc4ccc(Nc5ccc(N=Nc6c(S(=O)(=O)O)cc7ccc(N=Nc8cc(S(=O)(=O)O)c(N)cc8N)cc7c6O)cc5)c(S(=O)(=O)O)c4)c(O)c3c2)c(N)c1.[Na].[Na].[Na].[Na]. The molecule has 0 aliphatic heterocycles. The third-order valence-corrected chi connectivity index (χ3v) is 14.1. The Morgan fingerprint density at radius 1 is 0.367 bits per heavy atom. The van der Waals surface area contributed by atoms with E-state index in [2.05, 4.69) is 46.2 Å². The number of nitrogens with zero attached hydrogens (tertiary/aromatic N) is 8. The Morgan fingerprint density at radius 3 is 1.27 bits per heavy atom. The van der Waals surface area contributed by atoms with Gasteiger partial charge < -0.3 is 38.5 Å². The van der Waals surface area contributed by atoms with Gasteiger partial charge in [0.05, 0.1) is 45.5 Å². The third kappa shape index (κ3) is 15.7. The quantitative estimate of drug-likeness (QED) is 0.0210. The summed E-state index contributed by atoms with van der Waals surface area (Å²) in [6.07, 6.45) is 0. The molecule has 0 spiro atoms. The van der Waals surface area contributed by atoms with Gasteiger partial charge in [-0.1, -0.05) is 12.1 Å². The molecule has 8 aromatic rings. The number of fused-ring (bicyclic) bond motifs is 2.